The molecule has 196 valence electrons. The first kappa shape index (κ1) is 28.8. The first-order valence-corrected chi connectivity index (χ1v) is 13.4. The third kappa shape index (κ3) is 9.63. The first-order valence-electron chi connectivity index (χ1n) is 13.4. The number of nitrogens with one attached hydrogen (secondary N) is 1. The lowest BCUT2D eigenvalue weighted by atomic mass is 10.1. The molecule has 0 aliphatic heterocycles. The Balaban J connectivity index is 1.49. The Kier molecular flexibility index (Phi) is 12.8. The standard InChI is InChI=1S/C28H47N5O2/c1-23(2)16-15-17-24(3)18-20-29-19-13-11-9-7-6-8-10-12-14-21-33-27(34)25-26(30-22-31(25)4)32(5)28(33)35/h16,18,22,29H,6-15,17,19-21H2,1-5H3/b24-18+. The van der Waals surface area contributed by atoms with Crippen LogP contribution in [0.25, 0.3) is 11.2 Å². The molecule has 7 heteroatoms. The maximum atomic E-state index is 12.7. The van der Waals surface area contributed by atoms with Crippen LogP contribution in [0.1, 0.15) is 91.4 Å². The fourth-order valence-corrected chi connectivity index (χ4v) is 4.39. The van der Waals surface area contributed by atoms with E-state index in [9.17, 15) is 9.59 Å². The maximum absolute atomic E-state index is 12.7. The molecule has 0 fully saturated rings. The molecule has 0 unspecified atom stereocenters. The first-order chi connectivity index (χ1) is 16.8. The summed E-state index contributed by atoms with van der Waals surface area (Å²) in [6.07, 6.45) is 19.2. The smallest absolute Gasteiger partial charge is 0.328 e. The molecule has 0 aliphatic carbocycles. The van der Waals surface area contributed by atoms with Crippen molar-refractivity contribution in [3.05, 3.63) is 50.5 Å². The molecule has 0 spiro atoms. The van der Waals surface area contributed by atoms with E-state index in [1.165, 1.54) is 58.8 Å². The van der Waals surface area contributed by atoms with Gasteiger partial charge in [0.05, 0.1) is 6.33 Å². The van der Waals surface area contributed by atoms with Gasteiger partial charge >= 0.3 is 5.69 Å². The van der Waals surface area contributed by atoms with Crippen molar-refractivity contribution in [2.45, 2.75) is 97.9 Å². The van der Waals surface area contributed by atoms with E-state index in [4.69, 9.17) is 0 Å². The summed E-state index contributed by atoms with van der Waals surface area (Å²) in [5.74, 6) is 0. The van der Waals surface area contributed by atoms with Gasteiger partial charge in [-0.2, -0.15) is 0 Å². The second-order valence-corrected chi connectivity index (χ2v) is 10.1. The second-order valence-electron chi connectivity index (χ2n) is 10.1. The van der Waals surface area contributed by atoms with E-state index >= 15 is 0 Å². The molecular weight excluding hydrogens is 438 g/mol. The lowest BCUT2D eigenvalue weighted by molar-refractivity contribution is 0.514. The van der Waals surface area contributed by atoms with E-state index < -0.39 is 0 Å². The van der Waals surface area contributed by atoms with E-state index in [0.29, 0.717) is 17.7 Å². The van der Waals surface area contributed by atoms with E-state index in [0.717, 1.165) is 45.2 Å². The minimum absolute atomic E-state index is 0.233. The van der Waals surface area contributed by atoms with Crippen LogP contribution >= 0.6 is 0 Å². The average molecular weight is 486 g/mol. The summed E-state index contributed by atoms with van der Waals surface area (Å²) < 4.78 is 4.52. The van der Waals surface area contributed by atoms with E-state index in [-0.39, 0.29) is 11.2 Å². The fraction of sp³-hybridized carbons (Fsp3) is 0.679. The number of imidazole rings is 1. The summed E-state index contributed by atoms with van der Waals surface area (Å²) in [7, 11) is 3.46. The van der Waals surface area contributed by atoms with Crippen molar-refractivity contribution in [3.8, 4) is 0 Å². The minimum atomic E-state index is -0.277. The van der Waals surface area contributed by atoms with Crippen LogP contribution < -0.4 is 16.6 Å². The molecular formula is C28H47N5O2. The summed E-state index contributed by atoms with van der Waals surface area (Å²) in [5, 5.41) is 3.53. The molecule has 0 bridgehead atoms. The Morgan fingerprint density at radius 1 is 0.914 bits per heavy atom. The highest BCUT2D eigenvalue weighted by Gasteiger charge is 2.14. The van der Waals surface area contributed by atoms with Gasteiger partial charge in [0.25, 0.3) is 5.56 Å². The maximum Gasteiger partial charge on any atom is 0.332 e. The minimum Gasteiger partial charge on any atom is -0.328 e. The number of aromatic nitrogens is 4. The van der Waals surface area contributed by atoms with Crippen molar-refractivity contribution < 1.29 is 0 Å². The third-order valence-corrected chi connectivity index (χ3v) is 6.62. The van der Waals surface area contributed by atoms with Crippen LogP contribution in [-0.2, 0) is 20.6 Å². The van der Waals surface area contributed by atoms with Gasteiger partial charge in [0.2, 0.25) is 0 Å². The Bertz CT molecular complexity index is 1080. The average Bonchev–Trinajstić information content (AvgIpc) is 3.21. The van der Waals surface area contributed by atoms with Crippen molar-refractivity contribution in [2.24, 2.45) is 14.1 Å². The van der Waals surface area contributed by atoms with Gasteiger partial charge in [-0.05, 0) is 53.0 Å². The lowest BCUT2D eigenvalue weighted by Gasteiger charge is -2.08. The molecule has 2 rings (SSSR count). The Hall–Kier alpha value is -2.41. The molecule has 0 saturated heterocycles. The third-order valence-electron chi connectivity index (χ3n) is 6.62. The van der Waals surface area contributed by atoms with Crippen molar-refractivity contribution in [3.63, 3.8) is 0 Å². The second kappa shape index (κ2) is 15.6. The summed E-state index contributed by atoms with van der Waals surface area (Å²) in [6.45, 7) is 9.09. The monoisotopic (exact) mass is 485 g/mol. The van der Waals surface area contributed by atoms with Crippen LogP contribution in [0.5, 0.6) is 0 Å². The van der Waals surface area contributed by atoms with Gasteiger partial charge in [-0.25, -0.2) is 9.78 Å². The molecule has 2 heterocycles. The quantitative estimate of drug-likeness (QED) is 0.246. The Morgan fingerprint density at radius 3 is 2.20 bits per heavy atom. The number of fused-ring (bicyclic) bond motifs is 1. The van der Waals surface area contributed by atoms with Crippen molar-refractivity contribution in [1.29, 1.82) is 0 Å². The highest BCUT2D eigenvalue weighted by molar-refractivity contribution is 5.69. The zero-order valence-corrected chi connectivity index (χ0v) is 22.7. The van der Waals surface area contributed by atoms with Crippen LogP contribution in [0.15, 0.2) is 39.2 Å². The molecule has 0 amide bonds. The molecule has 0 radical (unpaired) electrons. The number of rotatable bonds is 17. The highest BCUT2D eigenvalue weighted by Crippen LogP contribution is 2.10. The SMILES string of the molecule is CC(C)=CCC/C(C)=C/CNCCCCCCCCCCCn1c(=O)c2c(ncn2C)n(C)c1=O. The van der Waals surface area contributed by atoms with Crippen molar-refractivity contribution in [1.82, 2.24) is 24.0 Å². The fourth-order valence-electron chi connectivity index (χ4n) is 4.39. The number of hydrogen-bond acceptors (Lipinski definition) is 4. The van der Waals surface area contributed by atoms with Gasteiger partial charge in [-0.3, -0.25) is 13.9 Å². The molecule has 0 aliphatic rings. The zero-order valence-electron chi connectivity index (χ0n) is 22.7. The number of allylic oxidation sites excluding steroid dienone is 3. The Labute approximate surface area is 210 Å². The molecule has 0 atom stereocenters. The lowest BCUT2D eigenvalue weighted by Crippen LogP contribution is -2.39. The summed E-state index contributed by atoms with van der Waals surface area (Å²) in [5.41, 5.74) is 3.30. The van der Waals surface area contributed by atoms with Crippen LogP contribution in [0.3, 0.4) is 0 Å². The topological polar surface area (TPSA) is 73.8 Å². The summed E-state index contributed by atoms with van der Waals surface area (Å²) >= 11 is 0. The van der Waals surface area contributed by atoms with Crippen molar-refractivity contribution in [2.75, 3.05) is 13.1 Å². The van der Waals surface area contributed by atoms with Crippen LogP contribution in [0.4, 0.5) is 0 Å². The van der Waals surface area contributed by atoms with Gasteiger partial charge < -0.3 is 9.88 Å². The van der Waals surface area contributed by atoms with E-state index in [1.54, 1.807) is 25.0 Å². The Morgan fingerprint density at radius 2 is 1.54 bits per heavy atom. The molecule has 2 aromatic heterocycles. The molecule has 1 N–H and O–H groups in total. The summed E-state index contributed by atoms with van der Waals surface area (Å²) in [6, 6.07) is 0. The number of nitrogens with zero attached hydrogens (tertiary/aromatic N) is 4. The van der Waals surface area contributed by atoms with Gasteiger partial charge in [-0.15, -0.1) is 0 Å². The zero-order chi connectivity index (χ0) is 25.6. The van der Waals surface area contributed by atoms with Gasteiger partial charge in [-0.1, -0.05) is 68.2 Å². The molecule has 2 aromatic rings. The highest BCUT2D eigenvalue weighted by atomic mass is 16.2. The van der Waals surface area contributed by atoms with Gasteiger partial charge in [0.1, 0.15) is 0 Å². The molecule has 0 aromatic carbocycles. The summed E-state index contributed by atoms with van der Waals surface area (Å²) in [4.78, 5) is 29.4. The van der Waals surface area contributed by atoms with Crippen molar-refractivity contribution >= 4 is 11.2 Å². The van der Waals surface area contributed by atoms with Crippen LogP contribution in [0, 0.1) is 0 Å². The number of hydrogen-bond donors (Lipinski definition) is 1. The molecule has 0 saturated carbocycles. The number of aryl methyl sites for hydroxylation is 2. The molecule has 35 heavy (non-hydrogen) atoms. The number of unbranched alkanes of at least 4 members (excludes halogenated alkanes) is 8. The van der Waals surface area contributed by atoms with Crippen LogP contribution in [-0.4, -0.2) is 31.8 Å². The van der Waals surface area contributed by atoms with Crippen LogP contribution in [0.2, 0.25) is 0 Å². The van der Waals surface area contributed by atoms with E-state index in [2.05, 4.69) is 43.2 Å². The predicted octanol–water partition coefficient (Wildman–Crippen LogP) is 5.23. The molecule has 7 nitrogen and oxygen atoms in total. The van der Waals surface area contributed by atoms with Gasteiger partial charge in [0, 0.05) is 27.2 Å². The predicted molar refractivity (Wildman–Crippen MR) is 147 cm³/mol. The largest absolute Gasteiger partial charge is 0.332 e. The van der Waals surface area contributed by atoms with Gasteiger partial charge in [0.15, 0.2) is 11.2 Å². The normalized spacial score (nSPS) is 12.0. The van der Waals surface area contributed by atoms with E-state index in [1.807, 2.05) is 0 Å².